The quantitative estimate of drug-likeness (QED) is 0.749. The molecule has 2 N–H and O–H groups in total. The Hall–Kier alpha value is -1.36. The minimum atomic E-state index is -3.12. The van der Waals surface area contributed by atoms with Crippen LogP contribution in [0.3, 0.4) is 0 Å². The summed E-state index contributed by atoms with van der Waals surface area (Å²) in [4.78, 5) is 10.5. The highest BCUT2D eigenvalue weighted by Gasteiger charge is 2.23. The fourth-order valence-electron chi connectivity index (χ4n) is 1.56. The molecule has 1 rings (SSSR count). The first-order chi connectivity index (χ1) is 8.99. The van der Waals surface area contributed by atoms with Gasteiger partial charge in [-0.05, 0) is 31.5 Å². The Morgan fingerprint density at radius 1 is 1.21 bits per heavy atom. The lowest BCUT2D eigenvalue weighted by Crippen LogP contribution is -2.07. The molecule has 0 aliphatic carbocycles. The van der Waals surface area contributed by atoms with Crippen molar-refractivity contribution in [1.29, 1.82) is 0 Å². The molecular weight excluding hydrogens is 269 g/mol. The van der Waals surface area contributed by atoms with Gasteiger partial charge in [-0.25, -0.2) is 4.79 Å². The third-order valence-electron chi connectivity index (χ3n) is 2.23. The third kappa shape index (κ3) is 5.42. The van der Waals surface area contributed by atoms with Gasteiger partial charge >= 0.3 is 13.7 Å². The first-order valence-electron chi connectivity index (χ1n) is 5.96. The molecule has 0 unspecified atom stereocenters. The average Bonchev–Trinajstić information content (AvgIpc) is 2.31. The number of carboxylic acid groups (broad SMARTS) is 1. The highest BCUT2D eigenvalue weighted by molar-refractivity contribution is 7.53. The molecule has 0 fully saturated rings. The van der Waals surface area contributed by atoms with Gasteiger partial charge in [0.15, 0.2) is 0 Å². The lowest BCUT2D eigenvalue weighted by Gasteiger charge is -2.17. The van der Waals surface area contributed by atoms with Gasteiger partial charge in [-0.1, -0.05) is 12.1 Å². The number of benzene rings is 1. The van der Waals surface area contributed by atoms with E-state index in [-0.39, 0.29) is 6.16 Å². The van der Waals surface area contributed by atoms with Crippen molar-refractivity contribution < 1.29 is 23.5 Å². The standard InChI is InChI=1S/C12H18NO5P/c1-3-17-19(16,18-4-2)9-10-5-7-11(8-6-10)13-12(14)15/h5-8,13H,3-4,9H2,1-2H3,(H,14,15). The number of hydrogen-bond acceptors (Lipinski definition) is 4. The van der Waals surface area contributed by atoms with E-state index in [1.54, 1.807) is 38.1 Å². The summed E-state index contributed by atoms with van der Waals surface area (Å²) in [6, 6.07) is 6.59. The number of anilines is 1. The third-order valence-corrected chi connectivity index (χ3v) is 4.29. The van der Waals surface area contributed by atoms with Crippen LogP contribution >= 0.6 is 7.60 Å². The van der Waals surface area contributed by atoms with Crippen molar-refractivity contribution >= 4 is 19.4 Å². The van der Waals surface area contributed by atoms with Gasteiger partial charge in [-0.3, -0.25) is 9.88 Å². The summed E-state index contributed by atoms with van der Waals surface area (Å²) in [7, 11) is -3.12. The Labute approximate surface area is 112 Å². The molecule has 0 aliphatic heterocycles. The van der Waals surface area contributed by atoms with Gasteiger partial charge < -0.3 is 14.2 Å². The van der Waals surface area contributed by atoms with E-state index in [0.29, 0.717) is 18.9 Å². The van der Waals surface area contributed by atoms with Gasteiger partial charge in [0.25, 0.3) is 0 Å². The van der Waals surface area contributed by atoms with Crippen LogP contribution in [0.15, 0.2) is 24.3 Å². The molecule has 0 heterocycles. The summed E-state index contributed by atoms with van der Waals surface area (Å²) in [6.07, 6.45) is -0.954. The van der Waals surface area contributed by atoms with Crippen molar-refractivity contribution in [3.8, 4) is 0 Å². The van der Waals surface area contributed by atoms with Gasteiger partial charge in [0.2, 0.25) is 0 Å². The first kappa shape index (κ1) is 15.7. The van der Waals surface area contributed by atoms with Crippen LogP contribution in [0.25, 0.3) is 0 Å². The van der Waals surface area contributed by atoms with Crippen molar-refractivity contribution in [1.82, 2.24) is 0 Å². The number of rotatable bonds is 7. The van der Waals surface area contributed by atoms with Crippen molar-refractivity contribution in [2.75, 3.05) is 18.5 Å². The van der Waals surface area contributed by atoms with Gasteiger partial charge in [0, 0.05) is 5.69 Å². The Balaban J connectivity index is 2.75. The summed E-state index contributed by atoms with van der Waals surface area (Å²) in [5, 5.41) is 10.8. The second-order valence-electron chi connectivity index (χ2n) is 3.73. The molecule has 0 bridgehead atoms. The van der Waals surface area contributed by atoms with E-state index in [1.807, 2.05) is 0 Å². The fraction of sp³-hybridized carbons (Fsp3) is 0.417. The highest BCUT2D eigenvalue weighted by atomic mass is 31.2. The molecule has 19 heavy (non-hydrogen) atoms. The van der Waals surface area contributed by atoms with E-state index in [1.165, 1.54) is 0 Å². The largest absolute Gasteiger partial charge is 0.465 e. The lowest BCUT2D eigenvalue weighted by atomic mass is 10.2. The zero-order valence-electron chi connectivity index (χ0n) is 11.0. The molecule has 1 aromatic rings. The number of amides is 1. The molecule has 1 aromatic carbocycles. The summed E-state index contributed by atoms with van der Waals surface area (Å²) in [6.45, 7) is 4.14. The predicted molar refractivity (Wildman–Crippen MR) is 72.7 cm³/mol. The van der Waals surface area contributed by atoms with Crippen LogP contribution in [0.2, 0.25) is 0 Å². The van der Waals surface area contributed by atoms with Crippen LogP contribution in [0.1, 0.15) is 19.4 Å². The van der Waals surface area contributed by atoms with Crippen LogP contribution in [-0.4, -0.2) is 24.4 Å². The predicted octanol–water partition coefficient (Wildman–Crippen LogP) is 3.54. The average molecular weight is 287 g/mol. The van der Waals surface area contributed by atoms with Gasteiger partial charge in [0.05, 0.1) is 19.4 Å². The molecule has 0 atom stereocenters. The molecule has 6 nitrogen and oxygen atoms in total. The summed E-state index contributed by atoms with van der Waals surface area (Å²) < 4.78 is 22.7. The smallest absolute Gasteiger partial charge is 0.409 e. The molecule has 7 heteroatoms. The molecule has 0 radical (unpaired) electrons. The second kappa shape index (κ2) is 7.28. The molecule has 0 spiro atoms. The van der Waals surface area contributed by atoms with Crippen LogP contribution in [0.4, 0.5) is 10.5 Å². The number of nitrogens with one attached hydrogen (secondary N) is 1. The van der Waals surface area contributed by atoms with Crippen LogP contribution in [0.5, 0.6) is 0 Å². The van der Waals surface area contributed by atoms with Gasteiger partial charge in [-0.2, -0.15) is 0 Å². The van der Waals surface area contributed by atoms with Crippen molar-refractivity contribution in [2.24, 2.45) is 0 Å². The van der Waals surface area contributed by atoms with E-state index in [9.17, 15) is 9.36 Å². The number of hydrogen-bond donors (Lipinski definition) is 2. The first-order valence-corrected chi connectivity index (χ1v) is 7.69. The number of carbonyl (C=O) groups is 1. The van der Waals surface area contributed by atoms with Crippen molar-refractivity contribution in [3.05, 3.63) is 29.8 Å². The zero-order valence-corrected chi connectivity index (χ0v) is 11.9. The van der Waals surface area contributed by atoms with Crippen LogP contribution in [0, 0.1) is 0 Å². The Morgan fingerprint density at radius 3 is 2.16 bits per heavy atom. The van der Waals surface area contributed by atoms with E-state index in [2.05, 4.69) is 5.32 Å². The molecule has 0 saturated carbocycles. The maximum Gasteiger partial charge on any atom is 0.409 e. The Bertz CT molecular complexity index is 450. The van der Waals surface area contributed by atoms with Crippen molar-refractivity contribution in [2.45, 2.75) is 20.0 Å². The SMILES string of the molecule is CCOP(=O)(Cc1ccc(NC(=O)O)cc1)OCC. The molecular formula is C12H18NO5P. The molecule has 1 amide bonds. The summed E-state index contributed by atoms with van der Waals surface area (Å²) in [5.41, 5.74) is 1.22. The molecule has 0 aromatic heterocycles. The highest BCUT2D eigenvalue weighted by Crippen LogP contribution is 2.51. The normalized spacial score (nSPS) is 11.3. The zero-order chi connectivity index (χ0) is 14.3. The van der Waals surface area contributed by atoms with Crippen LogP contribution < -0.4 is 5.32 Å². The Kier molecular flexibility index (Phi) is 6.02. The maximum atomic E-state index is 12.3. The van der Waals surface area contributed by atoms with E-state index < -0.39 is 13.7 Å². The molecule has 0 aliphatic rings. The van der Waals surface area contributed by atoms with E-state index in [4.69, 9.17) is 14.2 Å². The van der Waals surface area contributed by atoms with Gasteiger partial charge in [-0.15, -0.1) is 0 Å². The summed E-state index contributed by atoms with van der Waals surface area (Å²) in [5.74, 6) is 0. The minimum absolute atomic E-state index is 0.169. The van der Waals surface area contributed by atoms with Crippen molar-refractivity contribution in [3.63, 3.8) is 0 Å². The topological polar surface area (TPSA) is 84.9 Å². The second-order valence-corrected chi connectivity index (χ2v) is 5.79. The van der Waals surface area contributed by atoms with E-state index >= 15 is 0 Å². The lowest BCUT2D eigenvalue weighted by molar-refractivity contribution is 0.209. The minimum Gasteiger partial charge on any atom is -0.465 e. The monoisotopic (exact) mass is 287 g/mol. The molecule has 106 valence electrons. The molecule has 0 saturated heterocycles. The Morgan fingerprint density at radius 2 is 1.74 bits per heavy atom. The summed E-state index contributed by atoms with van der Waals surface area (Å²) >= 11 is 0. The van der Waals surface area contributed by atoms with E-state index in [0.717, 1.165) is 5.56 Å². The van der Waals surface area contributed by atoms with Crippen LogP contribution in [-0.2, 0) is 19.8 Å². The maximum absolute atomic E-state index is 12.3. The fourth-order valence-corrected chi connectivity index (χ4v) is 3.26. The van der Waals surface area contributed by atoms with Gasteiger partial charge in [0.1, 0.15) is 0 Å².